The Morgan fingerprint density at radius 1 is 0.911 bits per heavy atom. The molecule has 0 spiro atoms. The minimum Gasteiger partial charge on any atom is -0.492 e. The Kier molecular flexibility index (Phi) is 10.7. The second-order valence-electron chi connectivity index (χ2n) is 10.4. The zero-order chi connectivity index (χ0) is 32.7. The number of nitrogens with one attached hydrogen (secondary N) is 1. The molecule has 0 radical (unpaired) electrons. The summed E-state index contributed by atoms with van der Waals surface area (Å²) >= 11 is 0. The SMILES string of the molecule is CC(=O)NC1C(O/N=C2/C(=O)N(CCOc3ccc(C)cc3)c3ccccc32)OC(COC(C)=O)C(OC(C)=O)C1OC(C)=O. The summed E-state index contributed by atoms with van der Waals surface area (Å²) in [5, 5.41) is 6.73. The monoisotopic (exact) mass is 625 g/mol. The Balaban J connectivity index is 1.61. The van der Waals surface area contributed by atoms with E-state index >= 15 is 0 Å². The number of benzene rings is 2. The van der Waals surface area contributed by atoms with E-state index in [-0.39, 0.29) is 18.9 Å². The third-order valence-electron chi connectivity index (χ3n) is 6.82. The fourth-order valence-corrected chi connectivity index (χ4v) is 4.95. The summed E-state index contributed by atoms with van der Waals surface area (Å²) in [6.07, 6.45) is -5.30. The highest BCUT2D eigenvalue weighted by molar-refractivity contribution is 6.54. The molecule has 1 saturated heterocycles. The van der Waals surface area contributed by atoms with Gasteiger partial charge in [0.15, 0.2) is 17.9 Å². The number of carbonyl (C=O) groups is 5. The molecule has 14 nitrogen and oxygen atoms in total. The number of anilines is 1. The molecular formula is C31H35N3O11. The number of nitrogens with zero attached hydrogens (tertiary/aromatic N) is 2. The van der Waals surface area contributed by atoms with Crippen LogP contribution in [0.25, 0.3) is 0 Å². The van der Waals surface area contributed by atoms with Gasteiger partial charge in [0, 0.05) is 33.3 Å². The van der Waals surface area contributed by atoms with Crippen LogP contribution in [-0.2, 0) is 47.8 Å². The molecular weight excluding hydrogens is 590 g/mol. The van der Waals surface area contributed by atoms with Crippen LogP contribution in [0.2, 0.25) is 0 Å². The maximum Gasteiger partial charge on any atom is 0.303 e. The summed E-state index contributed by atoms with van der Waals surface area (Å²) in [7, 11) is 0. The second-order valence-corrected chi connectivity index (χ2v) is 10.4. The van der Waals surface area contributed by atoms with Crippen molar-refractivity contribution < 1.29 is 52.5 Å². The molecule has 14 heteroatoms. The number of amides is 2. The molecule has 0 aliphatic carbocycles. The van der Waals surface area contributed by atoms with Crippen molar-refractivity contribution in [2.24, 2.45) is 5.16 Å². The number of rotatable bonds is 11. The van der Waals surface area contributed by atoms with E-state index in [1.165, 1.54) is 18.7 Å². The predicted molar refractivity (Wildman–Crippen MR) is 157 cm³/mol. The van der Waals surface area contributed by atoms with Gasteiger partial charge in [-0.1, -0.05) is 41.1 Å². The number of aryl methyl sites for hydroxylation is 1. The average Bonchev–Trinajstić information content (AvgIpc) is 3.24. The van der Waals surface area contributed by atoms with E-state index < -0.39 is 67.0 Å². The molecule has 0 saturated carbocycles. The third-order valence-corrected chi connectivity index (χ3v) is 6.82. The molecule has 2 aliphatic rings. The largest absolute Gasteiger partial charge is 0.492 e. The molecule has 2 aromatic carbocycles. The van der Waals surface area contributed by atoms with Crippen molar-refractivity contribution in [2.45, 2.75) is 65.3 Å². The van der Waals surface area contributed by atoms with Crippen LogP contribution in [0.5, 0.6) is 5.75 Å². The maximum absolute atomic E-state index is 13.6. The lowest BCUT2D eigenvalue weighted by Gasteiger charge is -2.43. The Labute approximate surface area is 259 Å². The van der Waals surface area contributed by atoms with Gasteiger partial charge in [-0.2, -0.15) is 0 Å². The molecule has 2 aliphatic heterocycles. The van der Waals surface area contributed by atoms with E-state index in [0.717, 1.165) is 19.4 Å². The summed E-state index contributed by atoms with van der Waals surface area (Å²) in [5.41, 5.74) is 2.11. The molecule has 2 amide bonds. The third kappa shape index (κ3) is 8.35. The van der Waals surface area contributed by atoms with Gasteiger partial charge in [-0.05, 0) is 25.1 Å². The van der Waals surface area contributed by atoms with Crippen LogP contribution in [0, 0.1) is 6.92 Å². The van der Waals surface area contributed by atoms with Crippen molar-refractivity contribution in [1.82, 2.24) is 5.32 Å². The molecule has 4 rings (SSSR count). The number of carbonyl (C=O) groups excluding carboxylic acids is 5. The minimum atomic E-state index is -1.48. The standard InChI is InChI=1S/C31H35N3O11/c1-17-10-12-22(13-11-17)40-15-14-34-24-9-7-6-8-23(24)26(30(34)39)33-45-31-27(32-18(2)35)29(43-21(5)38)28(42-20(4)37)25(44-31)16-41-19(3)36/h6-13,25,27-29,31H,14-16H2,1-5H3,(H,32,35)/b33-26+. The van der Waals surface area contributed by atoms with E-state index in [4.69, 9.17) is 28.5 Å². The highest BCUT2D eigenvalue weighted by Crippen LogP contribution is 2.31. The summed E-state index contributed by atoms with van der Waals surface area (Å²) < 4.78 is 27.8. The number of oxime groups is 1. The van der Waals surface area contributed by atoms with Gasteiger partial charge in [-0.25, -0.2) is 0 Å². The van der Waals surface area contributed by atoms with Crippen LogP contribution in [0.15, 0.2) is 53.7 Å². The van der Waals surface area contributed by atoms with E-state index in [1.54, 1.807) is 24.3 Å². The van der Waals surface area contributed by atoms with Gasteiger partial charge in [0.2, 0.25) is 5.91 Å². The van der Waals surface area contributed by atoms with Crippen molar-refractivity contribution in [3.8, 4) is 5.75 Å². The molecule has 2 heterocycles. The predicted octanol–water partition coefficient (Wildman–Crippen LogP) is 1.80. The number of hydrogen-bond donors (Lipinski definition) is 1. The van der Waals surface area contributed by atoms with Crippen LogP contribution < -0.4 is 15.0 Å². The Morgan fingerprint density at radius 3 is 2.22 bits per heavy atom. The van der Waals surface area contributed by atoms with Crippen LogP contribution >= 0.6 is 0 Å². The number of hydrogen-bond acceptors (Lipinski definition) is 12. The summed E-state index contributed by atoms with van der Waals surface area (Å²) in [4.78, 5) is 68.7. The number of esters is 3. The Morgan fingerprint density at radius 2 is 1.58 bits per heavy atom. The first kappa shape index (κ1) is 32.9. The smallest absolute Gasteiger partial charge is 0.303 e. The number of fused-ring (bicyclic) bond motifs is 1. The summed E-state index contributed by atoms with van der Waals surface area (Å²) in [6.45, 7) is 6.63. The molecule has 5 unspecified atom stereocenters. The van der Waals surface area contributed by atoms with Gasteiger partial charge in [-0.3, -0.25) is 24.0 Å². The number of ether oxygens (including phenoxy) is 5. The summed E-state index contributed by atoms with van der Waals surface area (Å²) in [6, 6.07) is 13.3. The number of para-hydroxylation sites is 1. The first-order valence-corrected chi connectivity index (χ1v) is 14.2. The quantitative estimate of drug-likeness (QED) is 0.220. The van der Waals surface area contributed by atoms with Gasteiger partial charge in [0.05, 0.1) is 12.2 Å². The molecule has 45 heavy (non-hydrogen) atoms. The first-order valence-electron chi connectivity index (χ1n) is 14.2. The van der Waals surface area contributed by atoms with Gasteiger partial charge < -0.3 is 38.7 Å². The van der Waals surface area contributed by atoms with E-state index in [2.05, 4.69) is 10.5 Å². The lowest BCUT2D eigenvalue weighted by atomic mass is 9.96. The van der Waals surface area contributed by atoms with E-state index in [0.29, 0.717) is 17.0 Å². The Bertz CT molecular complexity index is 1460. The van der Waals surface area contributed by atoms with Gasteiger partial charge in [-0.15, -0.1) is 0 Å². The van der Waals surface area contributed by atoms with Crippen LogP contribution in [-0.4, -0.2) is 85.8 Å². The lowest BCUT2D eigenvalue weighted by molar-refractivity contribution is -0.278. The van der Waals surface area contributed by atoms with Crippen molar-refractivity contribution in [2.75, 3.05) is 24.7 Å². The first-order chi connectivity index (χ1) is 21.4. The molecule has 0 bridgehead atoms. The highest BCUT2D eigenvalue weighted by atomic mass is 16.8. The molecule has 0 aromatic heterocycles. The van der Waals surface area contributed by atoms with Crippen molar-refractivity contribution in [3.05, 3.63) is 59.7 Å². The summed E-state index contributed by atoms with van der Waals surface area (Å²) in [5.74, 6) is -2.51. The van der Waals surface area contributed by atoms with Crippen molar-refractivity contribution in [1.29, 1.82) is 0 Å². The Hall–Kier alpha value is -4.98. The maximum atomic E-state index is 13.6. The highest BCUT2D eigenvalue weighted by Gasteiger charge is 2.52. The van der Waals surface area contributed by atoms with E-state index in [9.17, 15) is 24.0 Å². The second kappa shape index (κ2) is 14.7. The molecule has 5 atom stereocenters. The van der Waals surface area contributed by atoms with Crippen LogP contribution in [0.3, 0.4) is 0 Å². The minimum absolute atomic E-state index is 0.0474. The van der Waals surface area contributed by atoms with E-state index in [1.807, 2.05) is 31.2 Å². The molecule has 2 aromatic rings. The lowest BCUT2D eigenvalue weighted by Crippen LogP contribution is -2.66. The zero-order valence-electron chi connectivity index (χ0n) is 25.5. The molecule has 1 fully saturated rings. The van der Waals surface area contributed by atoms with Crippen LogP contribution in [0.1, 0.15) is 38.8 Å². The van der Waals surface area contributed by atoms with Crippen molar-refractivity contribution >= 4 is 41.1 Å². The van der Waals surface area contributed by atoms with Crippen LogP contribution in [0.4, 0.5) is 5.69 Å². The molecule has 1 N–H and O–H groups in total. The topological polar surface area (TPSA) is 168 Å². The molecule has 240 valence electrons. The zero-order valence-corrected chi connectivity index (χ0v) is 25.5. The normalized spacial score (nSPS) is 23.1. The van der Waals surface area contributed by atoms with Gasteiger partial charge in [0.1, 0.15) is 31.1 Å². The van der Waals surface area contributed by atoms with Gasteiger partial charge >= 0.3 is 17.9 Å². The fourth-order valence-electron chi connectivity index (χ4n) is 4.95. The fraction of sp³-hybridized carbons (Fsp3) is 0.419. The van der Waals surface area contributed by atoms with Crippen molar-refractivity contribution in [3.63, 3.8) is 0 Å². The van der Waals surface area contributed by atoms with Gasteiger partial charge in [0.25, 0.3) is 12.2 Å². The average molecular weight is 626 g/mol.